The Labute approximate surface area is 239 Å². The molecule has 4 aromatic rings. The van der Waals surface area contributed by atoms with E-state index in [4.69, 9.17) is 9.97 Å². The van der Waals surface area contributed by atoms with Gasteiger partial charge in [0.2, 0.25) is 0 Å². The van der Waals surface area contributed by atoms with Gasteiger partial charge in [0.05, 0.1) is 29.3 Å². The molecular weight excluding hydrogens is 492 g/mol. The van der Waals surface area contributed by atoms with Crippen LogP contribution in [0, 0.1) is 0 Å². The Bertz CT molecular complexity index is 1360. The van der Waals surface area contributed by atoms with Gasteiger partial charge in [-0.3, -0.25) is 9.88 Å². The molecule has 1 fully saturated rings. The molecule has 2 aliphatic rings. The monoisotopic (exact) mass is 536 g/mol. The third kappa shape index (κ3) is 6.80. The Morgan fingerprint density at radius 2 is 1.88 bits per heavy atom. The fourth-order valence-corrected chi connectivity index (χ4v) is 6.09. The predicted molar refractivity (Wildman–Crippen MR) is 163 cm³/mol. The van der Waals surface area contributed by atoms with Crippen LogP contribution in [0.4, 0.5) is 0 Å². The van der Waals surface area contributed by atoms with E-state index in [2.05, 4.69) is 82.0 Å². The van der Waals surface area contributed by atoms with Gasteiger partial charge in [-0.25, -0.2) is 4.98 Å². The summed E-state index contributed by atoms with van der Waals surface area (Å²) in [7, 11) is 0. The van der Waals surface area contributed by atoms with Gasteiger partial charge in [-0.15, -0.1) is 0 Å². The molecule has 2 heterocycles. The van der Waals surface area contributed by atoms with E-state index in [9.17, 15) is 0 Å². The second-order valence-corrected chi connectivity index (χ2v) is 11.7. The summed E-state index contributed by atoms with van der Waals surface area (Å²) in [6, 6.07) is 20.8. The van der Waals surface area contributed by atoms with E-state index >= 15 is 0 Å². The number of imidazole rings is 1. The standard InChI is InChI=1S/C34H44N6/c1-2-3-6-18-35-22-28-20-25(21-37-29-16-17-29)14-15-27(28)23-40(24-33-38-30-11-4-5-12-31(30)39-33)32-13-7-9-26-10-8-19-36-34(26)32/h4-5,8,10-12,14-15,19-20,29,32,35,37H,2-3,6-7,9,13,16-18,21-24H2,1H3,(H,38,39). The Balaban J connectivity index is 1.28. The SMILES string of the molecule is CCCCCNCc1cc(CNC2CC2)ccc1CN(Cc1nc2ccccc2[nH]1)C1CCCc2cccnc21. The van der Waals surface area contributed by atoms with Crippen LogP contribution in [-0.2, 0) is 32.6 Å². The van der Waals surface area contributed by atoms with Crippen molar-refractivity contribution in [2.45, 2.75) is 96.6 Å². The molecule has 0 bridgehead atoms. The van der Waals surface area contributed by atoms with Crippen molar-refractivity contribution >= 4 is 11.0 Å². The van der Waals surface area contributed by atoms with Crippen molar-refractivity contribution in [3.8, 4) is 0 Å². The highest BCUT2D eigenvalue weighted by Crippen LogP contribution is 2.35. The minimum atomic E-state index is 0.278. The molecule has 1 atom stereocenters. The van der Waals surface area contributed by atoms with Crippen molar-refractivity contribution in [2.75, 3.05) is 6.54 Å². The average molecular weight is 537 g/mol. The quantitative estimate of drug-likeness (QED) is 0.159. The Kier molecular flexibility index (Phi) is 8.86. The maximum atomic E-state index is 4.97. The van der Waals surface area contributed by atoms with Gasteiger partial charge in [0.25, 0.3) is 0 Å². The van der Waals surface area contributed by atoms with Crippen molar-refractivity contribution in [3.63, 3.8) is 0 Å². The minimum absolute atomic E-state index is 0.278. The number of aryl methyl sites for hydroxylation is 1. The molecule has 6 rings (SSSR count). The molecule has 0 amide bonds. The first-order valence-corrected chi connectivity index (χ1v) is 15.4. The maximum Gasteiger partial charge on any atom is 0.121 e. The third-order valence-electron chi connectivity index (χ3n) is 8.49. The molecule has 40 heavy (non-hydrogen) atoms. The molecule has 0 spiro atoms. The largest absolute Gasteiger partial charge is 0.341 e. The summed E-state index contributed by atoms with van der Waals surface area (Å²) in [5, 5.41) is 7.45. The van der Waals surface area contributed by atoms with Crippen molar-refractivity contribution in [2.24, 2.45) is 0 Å². The normalized spacial score (nSPS) is 17.0. The van der Waals surface area contributed by atoms with Crippen LogP contribution in [0.1, 0.15) is 91.7 Å². The summed E-state index contributed by atoms with van der Waals surface area (Å²) in [6.07, 6.45) is 11.8. The second kappa shape index (κ2) is 13.1. The molecule has 0 radical (unpaired) electrons. The van der Waals surface area contributed by atoms with Gasteiger partial charge in [0.15, 0.2) is 0 Å². The van der Waals surface area contributed by atoms with Gasteiger partial charge in [0, 0.05) is 31.9 Å². The highest BCUT2D eigenvalue weighted by molar-refractivity contribution is 5.74. The zero-order valence-electron chi connectivity index (χ0n) is 24.0. The van der Waals surface area contributed by atoms with Gasteiger partial charge in [0.1, 0.15) is 5.82 Å². The van der Waals surface area contributed by atoms with E-state index in [0.29, 0.717) is 6.04 Å². The summed E-state index contributed by atoms with van der Waals surface area (Å²) in [4.78, 5) is 16.1. The highest BCUT2D eigenvalue weighted by atomic mass is 15.2. The fourth-order valence-electron chi connectivity index (χ4n) is 6.09. The molecule has 0 saturated heterocycles. The van der Waals surface area contributed by atoms with E-state index < -0.39 is 0 Å². The fraction of sp³-hybridized carbons (Fsp3) is 0.471. The van der Waals surface area contributed by atoms with Crippen LogP contribution in [0.2, 0.25) is 0 Å². The van der Waals surface area contributed by atoms with Crippen molar-refractivity contribution in [1.82, 2.24) is 30.5 Å². The van der Waals surface area contributed by atoms with Crippen molar-refractivity contribution in [1.29, 1.82) is 0 Å². The van der Waals surface area contributed by atoms with Crippen LogP contribution in [-0.4, -0.2) is 32.4 Å². The number of fused-ring (bicyclic) bond motifs is 2. The number of aromatic nitrogens is 3. The lowest BCUT2D eigenvalue weighted by atomic mass is 9.90. The molecule has 210 valence electrons. The van der Waals surface area contributed by atoms with Crippen molar-refractivity contribution in [3.05, 3.63) is 94.6 Å². The van der Waals surface area contributed by atoms with Crippen LogP contribution in [0.5, 0.6) is 0 Å². The summed E-state index contributed by atoms with van der Waals surface area (Å²) < 4.78 is 0. The van der Waals surface area contributed by atoms with Crippen molar-refractivity contribution < 1.29 is 0 Å². The Hall–Kier alpha value is -3.06. The lowest BCUT2D eigenvalue weighted by Gasteiger charge is -2.35. The smallest absolute Gasteiger partial charge is 0.121 e. The van der Waals surface area contributed by atoms with E-state index in [1.807, 2.05) is 6.20 Å². The van der Waals surface area contributed by atoms with E-state index in [1.165, 1.54) is 66.5 Å². The van der Waals surface area contributed by atoms with Crippen LogP contribution in [0.15, 0.2) is 60.8 Å². The molecular formula is C34H44N6. The molecule has 1 unspecified atom stereocenters. The molecule has 2 aliphatic carbocycles. The molecule has 0 aliphatic heterocycles. The first-order valence-electron chi connectivity index (χ1n) is 15.4. The van der Waals surface area contributed by atoms with E-state index in [1.54, 1.807) is 0 Å². The van der Waals surface area contributed by atoms with E-state index in [-0.39, 0.29) is 6.04 Å². The molecule has 2 aromatic heterocycles. The van der Waals surface area contributed by atoms with Crippen LogP contribution >= 0.6 is 0 Å². The molecule has 2 aromatic carbocycles. The summed E-state index contributed by atoms with van der Waals surface area (Å²) in [6.45, 7) is 6.85. The van der Waals surface area contributed by atoms with Crippen LogP contribution in [0.25, 0.3) is 11.0 Å². The molecule has 6 heteroatoms. The number of rotatable bonds is 14. The second-order valence-electron chi connectivity index (χ2n) is 11.7. The van der Waals surface area contributed by atoms with Gasteiger partial charge in [-0.2, -0.15) is 0 Å². The molecule has 3 N–H and O–H groups in total. The number of unbranched alkanes of at least 4 members (excludes halogenated alkanes) is 2. The lowest BCUT2D eigenvalue weighted by Crippen LogP contribution is -2.32. The van der Waals surface area contributed by atoms with Gasteiger partial charge in [-0.1, -0.05) is 56.2 Å². The average Bonchev–Trinajstić information content (AvgIpc) is 3.73. The van der Waals surface area contributed by atoms with Gasteiger partial charge < -0.3 is 15.6 Å². The summed E-state index contributed by atoms with van der Waals surface area (Å²) in [5.41, 5.74) is 8.97. The zero-order valence-corrected chi connectivity index (χ0v) is 24.0. The summed E-state index contributed by atoms with van der Waals surface area (Å²) in [5.74, 6) is 1.02. The summed E-state index contributed by atoms with van der Waals surface area (Å²) >= 11 is 0. The van der Waals surface area contributed by atoms with E-state index in [0.717, 1.165) is 62.4 Å². The highest BCUT2D eigenvalue weighted by Gasteiger charge is 2.29. The number of aromatic amines is 1. The number of para-hydroxylation sites is 2. The maximum absolute atomic E-state index is 4.97. The first-order chi connectivity index (χ1) is 19.8. The molecule has 1 saturated carbocycles. The number of nitrogens with one attached hydrogen (secondary N) is 3. The number of hydrogen-bond donors (Lipinski definition) is 3. The Morgan fingerprint density at radius 3 is 2.75 bits per heavy atom. The predicted octanol–water partition coefficient (Wildman–Crippen LogP) is 6.57. The first kappa shape index (κ1) is 27.1. The molecule has 6 nitrogen and oxygen atoms in total. The number of nitrogens with zero attached hydrogens (tertiary/aromatic N) is 3. The number of benzene rings is 2. The zero-order chi connectivity index (χ0) is 27.1. The topological polar surface area (TPSA) is 68.9 Å². The third-order valence-corrected chi connectivity index (χ3v) is 8.49. The number of hydrogen-bond acceptors (Lipinski definition) is 5. The van der Waals surface area contributed by atoms with Gasteiger partial charge >= 0.3 is 0 Å². The van der Waals surface area contributed by atoms with Gasteiger partial charge in [-0.05, 0) is 85.5 Å². The van der Waals surface area contributed by atoms with Crippen LogP contribution < -0.4 is 10.6 Å². The number of pyridine rings is 1. The number of H-pyrrole nitrogens is 1. The minimum Gasteiger partial charge on any atom is -0.341 e. The lowest BCUT2D eigenvalue weighted by molar-refractivity contribution is 0.153. The van der Waals surface area contributed by atoms with Crippen LogP contribution in [0.3, 0.4) is 0 Å². The Morgan fingerprint density at radius 1 is 0.950 bits per heavy atom.